The summed E-state index contributed by atoms with van der Waals surface area (Å²) >= 11 is 0. The summed E-state index contributed by atoms with van der Waals surface area (Å²) in [6.07, 6.45) is 3.19. The predicted octanol–water partition coefficient (Wildman–Crippen LogP) is 1.76. The van der Waals surface area contributed by atoms with Crippen molar-refractivity contribution >= 4 is 5.96 Å². The average Bonchev–Trinajstić information content (AvgIpc) is 2.92. The number of halogens is 1. The summed E-state index contributed by atoms with van der Waals surface area (Å²) in [7, 11) is 0. The minimum Gasteiger partial charge on any atom is -0.370 e. The van der Waals surface area contributed by atoms with E-state index in [1.54, 1.807) is 12.1 Å². The van der Waals surface area contributed by atoms with Gasteiger partial charge in [0, 0.05) is 12.6 Å². The molecule has 0 amide bonds. The van der Waals surface area contributed by atoms with E-state index in [-0.39, 0.29) is 5.82 Å². The number of nitrogens with one attached hydrogen (secondary N) is 1. The smallest absolute Gasteiger partial charge is 0.188 e. The summed E-state index contributed by atoms with van der Waals surface area (Å²) in [6.45, 7) is 5.85. The van der Waals surface area contributed by atoms with Crippen molar-refractivity contribution in [2.45, 2.75) is 32.2 Å². The molecule has 0 spiro atoms. The standard InChI is InChI=1S/C16H25FN4/c1-2-21-10-4-7-15(21)12-20-16(18)19-9-8-13-5-3-6-14(17)11-13/h3,5-6,11,15H,2,4,7-10,12H2,1H3,(H3,18,19,20). The number of hydrogen-bond donors (Lipinski definition) is 2. The Morgan fingerprint density at radius 1 is 1.52 bits per heavy atom. The fraction of sp³-hybridized carbons (Fsp3) is 0.562. The highest BCUT2D eigenvalue weighted by Gasteiger charge is 2.22. The summed E-state index contributed by atoms with van der Waals surface area (Å²) in [5.41, 5.74) is 6.84. The highest BCUT2D eigenvalue weighted by atomic mass is 19.1. The average molecular weight is 292 g/mol. The number of aliphatic imine (C=N–C) groups is 1. The largest absolute Gasteiger partial charge is 0.370 e. The van der Waals surface area contributed by atoms with E-state index in [2.05, 4.69) is 22.1 Å². The number of nitrogens with zero attached hydrogens (tertiary/aromatic N) is 2. The molecule has 21 heavy (non-hydrogen) atoms. The lowest BCUT2D eigenvalue weighted by Crippen LogP contribution is -2.36. The summed E-state index contributed by atoms with van der Waals surface area (Å²) in [5, 5.41) is 3.09. The van der Waals surface area contributed by atoms with Crippen LogP contribution in [-0.2, 0) is 6.42 Å². The van der Waals surface area contributed by atoms with Gasteiger partial charge in [0.2, 0.25) is 0 Å². The molecule has 1 aliphatic rings. The molecular formula is C16H25FN4. The molecule has 0 saturated carbocycles. The van der Waals surface area contributed by atoms with Gasteiger partial charge in [-0.15, -0.1) is 0 Å². The van der Waals surface area contributed by atoms with E-state index >= 15 is 0 Å². The molecule has 2 rings (SSSR count). The normalized spacial score (nSPS) is 19.9. The van der Waals surface area contributed by atoms with Crippen molar-refractivity contribution in [2.75, 3.05) is 26.2 Å². The highest BCUT2D eigenvalue weighted by Crippen LogP contribution is 2.16. The first-order valence-corrected chi connectivity index (χ1v) is 7.71. The maximum atomic E-state index is 13.0. The van der Waals surface area contributed by atoms with E-state index in [0.717, 1.165) is 25.1 Å². The molecule has 1 aromatic carbocycles. The Kier molecular flexibility index (Phi) is 5.99. The Bertz CT molecular complexity index is 475. The Morgan fingerprint density at radius 2 is 2.38 bits per heavy atom. The van der Waals surface area contributed by atoms with Gasteiger partial charge in [-0.3, -0.25) is 9.89 Å². The van der Waals surface area contributed by atoms with Gasteiger partial charge in [-0.25, -0.2) is 4.39 Å². The van der Waals surface area contributed by atoms with Crippen LogP contribution in [0.25, 0.3) is 0 Å². The summed E-state index contributed by atoms with van der Waals surface area (Å²) in [5.74, 6) is 0.282. The lowest BCUT2D eigenvalue weighted by molar-refractivity contribution is 0.273. The zero-order chi connectivity index (χ0) is 15.1. The predicted molar refractivity (Wildman–Crippen MR) is 84.9 cm³/mol. The molecule has 1 unspecified atom stereocenters. The summed E-state index contributed by atoms with van der Waals surface area (Å²) in [6, 6.07) is 7.16. The quantitative estimate of drug-likeness (QED) is 0.620. The van der Waals surface area contributed by atoms with E-state index in [0.29, 0.717) is 18.5 Å². The minimum absolute atomic E-state index is 0.199. The first kappa shape index (κ1) is 15.8. The maximum absolute atomic E-state index is 13.0. The molecule has 1 atom stereocenters. The molecule has 4 nitrogen and oxygen atoms in total. The van der Waals surface area contributed by atoms with Crippen LogP contribution in [0.15, 0.2) is 29.3 Å². The van der Waals surface area contributed by atoms with Gasteiger partial charge in [-0.1, -0.05) is 19.1 Å². The topological polar surface area (TPSA) is 53.6 Å². The molecule has 0 radical (unpaired) electrons. The lowest BCUT2D eigenvalue weighted by Gasteiger charge is -2.20. The number of rotatable bonds is 6. The van der Waals surface area contributed by atoms with Crippen molar-refractivity contribution in [2.24, 2.45) is 10.7 Å². The van der Waals surface area contributed by atoms with Gasteiger partial charge < -0.3 is 11.1 Å². The Morgan fingerprint density at radius 3 is 3.14 bits per heavy atom. The minimum atomic E-state index is -0.199. The first-order chi connectivity index (χ1) is 10.2. The van der Waals surface area contributed by atoms with Gasteiger partial charge in [0.15, 0.2) is 5.96 Å². The lowest BCUT2D eigenvalue weighted by atomic mass is 10.1. The number of likely N-dealkylation sites (N-methyl/N-ethyl adjacent to an activating group) is 1. The van der Waals surface area contributed by atoms with Crippen LogP contribution < -0.4 is 11.1 Å². The van der Waals surface area contributed by atoms with Crippen molar-refractivity contribution in [3.05, 3.63) is 35.6 Å². The monoisotopic (exact) mass is 292 g/mol. The number of nitrogens with two attached hydrogens (primary N) is 1. The van der Waals surface area contributed by atoms with E-state index in [9.17, 15) is 4.39 Å². The van der Waals surface area contributed by atoms with Crippen LogP contribution in [0.4, 0.5) is 4.39 Å². The molecule has 0 aliphatic carbocycles. The van der Waals surface area contributed by atoms with E-state index in [1.165, 1.54) is 25.5 Å². The number of benzene rings is 1. The van der Waals surface area contributed by atoms with Gasteiger partial charge in [0.1, 0.15) is 5.82 Å². The summed E-state index contributed by atoms with van der Waals surface area (Å²) < 4.78 is 13.0. The molecule has 0 aromatic heterocycles. The second-order valence-corrected chi connectivity index (χ2v) is 5.46. The fourth-order valence-corrected chi connectivity index (χ4v) is 2.81. The van der Waals surface area contributed by atoms with Crippen molar-refractivity contribution in [3.63, 3.8) is 0 Å². The number of hydrogen-bond acceptors (Lipinski definition) is 2. The Hall–Kier alpha value is -1.62. The molecule has 3 N–H and O–H groups in total. The third-order valence-electron chi connectivity index (χ3n) is 3.99. The van der Waals surface area contributed by atoms with Gasteiger partial charge >= 0.3 is 0 Å². The third-order valence-corrected chi connectivity index (χ3v) is 3.99. The summed E-state index contributed by atoms with van der Waals surface area (Å²) in [4.78, 5) is 6.87. The first-order valence-electron chi connectivity index (χ1n) is 7.71. The molecule has 1 aromatic rings. The Labute approximate surface area is 126 Å². The van der Waals surface area contributed by atoms with Crippen molar-refractivity contribution in [3.8, 4) is 0 Å². The van der Waals surface area contributed by atoms with Gasteiger partial charge in [0.05, 0.1) is 6.54 Å². The SMILES string of the molecule is CCN1CCCC1CN=C(N)NCCc1cccc(F)c1. The van der Waals surface area contributed by atoms with Crippen molar-refractivity contribution in [1.82, 2.24) is 10.2 Å². The van der Waals surface area contributed by atoms with Crippen LogP contribution in [0.5, 0.6) is 0 Å². The van der Waals surface area contributed by atoms with E-state index in [1.807, 2.05) is 6.07 Å². The van der Waals surface area contributed by atoms with Crippen molar-refractivity contribution in [1.29, 1.82) is 0 Å². The van der Waals surface area contributed by atoms with Gasteiger partial charge in [-0.2, -0.15) is 0 Å². The van der Waals surface area contributed by atoms with Crippen LogP contribution in [0, 0.1) is 5.82 Å². The second-order valence-electron chi connectivity index (χ2n) is 5.46. The Balaban J connectivity index is 1.71. The zero-order valence-corrected chi connectivity index (χ0v) is 12.7. The van der Waals surface area contributed by atoms with Gasteiger partial charge in [0.25, 0.3) is 0 Å². The molecule has 0 bridgehead atoms. The van der Waals surface area contributed by atoms with Crippen LogP contribution in [-0.4, -0.2) is 43.1 Å². The number of guanidine groups is 1. The third kappa shape index (κ3) is 5.01. The van der Waals surface area contributed by atoms with Crippen molar-refractivity contribution < 1.29 is 4.39 Å². The van der Waals surface area contributed by atoms with Crippen LogP contribution in [0.3, 0.4) is 0 Å². The van der Waals surface area contributed by atoms with Crippen LogP contribution >= 0.6 is 0 Å². The molecule has 5 heteroatoms. The van der Waals surface area contributed by atoms with E-state index < -0.39 is 0 Å². The molecule has 1 fully saturated rings. The zero-order valence-electron chi connectivity index (χ0n) is 12.7. The highest BCUT2D eigenvalue weighted by molar-refractivity contribution is 5.77. The van der Waals surface area contributed by atoms with E-state index in [4.69, 9.17) is 5.73 Å². The second kappa shape index (κ2) is 7.98. The number of likely N-dealkylation sites (tertiary alicyclic amines) is 1. The molecule has 116 valence electrons. The van der Waals surface area contributed by atoms with Crippen LogP contribution in [0.2, 0.25) is 0 Å². The maximum Gasteiger partial charge on any atom is 0.188 e. The molecule has 1 saturated heterocycles. The van der Waals surface area contributed by atoms with Gasteiger partial charge in [-0.05, 0) is 50.0 Å². The molecule has 1 aliphatic heterocycles. The molecule has 1 heterocycles. The van der Waals surface area contributed by atoms with Crippen LogP contribution in [0.1, 0.15) is 25.3 Å². The molecular weight excluding hydrogens is 267 g/mol. The fourth-order valence-electron chi connectivity index (χ4n) is 2.81.